The standard InChI is InChI=1S/C14H13NO5S/c1-10(11-5-3-2-4-6-11)13-9-12(15(16)17)7-8-14(13)21(18,19)20/h2-10H,1H3,(H,18,19,20). The lowest BCUT2D eigenvalue weighted by Crippen LogP contribution is -2.07. The summed E-state index contributed by atoms with van der Waals surface area (Å²) in [6, 6.07) is 12.3. The third kappa shape index (κ3) is 3.26. The van der Waals surface area contributed by atoms with Crippen molar-refractivity contribution >= 4 is 15.8 Å². The smallest absolute Gasteiger partial charge is 0.282 e. The summed E-state index contributed by atoms with van der Waals surface area (Å²) in [5.41, 5.74) is 0.765. The third-order valence-corrected chi connectivity index (χ3v) is 4.18. The Labute approximate surface area is 121 Å². The van der Waals surface area contributed by atoms with Crippen molar-refractivity contribution in [2.75, 3.05) is 0 Å². The van der Waals surface area contributed by atoms with Gasteiger partial charge in [-0.25, -0.2) is 0 Å². The van der Waals surface area contributed by atoms with E-state index in [2.05, 4.69) is 0 Å². The second-order valence-corrected chi connectivity index (χ2v) is 5.98. The molecule has 0 aliphatic carbocycles. The lowest BCUT2D eigenvalue weighted by molar-refractivity contribution is -0.385. The molecule has 0 saturated carbocycles. The highest BCUT2D eigenvalue weighted by molar-refractivity contribution is 7.85. The molecule has 1 unspecified atom stereocenters. The molecule has 6 nitrogen and oxygen atoms in total. The Morgan fingerprint density at radius 2 is 1.76 bits per heavy atom. The number of non-ortho nitro benzene ring substituents is 1. The van der Waals surface area contributed by atoms with E-state index in [1.807, 2.05) is 6.07 Å². The first kappa shape index (κ1) is 15.1. The van der Waals surface area contributed by atoms with E-state index in [0.29, 0.717) is 0 Å². The molecule has 0 spiro atoms. The zero-order chi connectivity index (χ0) is 15.6. The fourth-order valence-electron chi connectivity index (χ4n) is 2.14. The van der Waals surface area contributed by atoms with Crippen molar-refractivity contribution in [3.8, 4) is 0 Å². The van der Waals surface area contributed by atoms with E-state index < -0.39 is 21.0 Å². The first-order valence-corrected chi connectivity index (χ1v) is 7.55. The molecule has 2 aromatic carbocycles. The highest BCUT2D eigenvalue weighted by Crippen LogP contribution is 2.32. The van der Waals surface area contributed by atoms with Crippen LogP contribution in [-0.4, -0.2) is 17.9 Å². The maximum Gasteiger partial charge on any atom is 0.294 e. The quantitative estimate of drug-likeness (QED) is 0.532. The summed E-state index contributed by atoms with van der Waals surface area (Å²) in [5.74, 6) is -0.414. The molecule has 110 valence electrons. The van der Waals surface area contributed by atoms with Crippen LogP contribution in [0, 0.1) is 10.1 Å². The largest absolute Gasteiger partial charge is 0.294 e. The van der Waals surface area contributed by atoms with Crippen LogP contribution in [0.5, 0.6) is 0 Å². The van der Waals surface area contributed by atoms with Gasteiger partial charge >= 0.3 is 0 Å². The summed E-state index contributed by atoms with van der Waals surface area (Å²) >= 11 is 0. The number of benzene rings is 2. The lowest BCUT2D eigenvalue weighted by Gasteiger charge is -2.15. The Balaban J connectivity index is 2.64. The van der Waals surface area contributed by atoms with E-state index in [9.17, 15) is 23.1 Å². The Morgan fingerprint density at radius 3 is 2.29 bits per heavy atom. The molecule has 0 saturated heterocycles. The van der Waals surface area contributed by atoms with Crippen molar-refractivity contribution < 1.29 is 17.9 Å². The minimum absolute atomic E-state index is 0.193. The van der Waals surface area contributed by atoms with Gasteiger partial charge < -0.3 is 0 Å². The van der Waals surface area contributed by atoms with E-state index in [0.717, 1.165) is 17.7 Å². The van der Waals surface area contributed by atoms with Crippen LogP contribution in [0.15, 0.2) is 53.4 Å². The Kier molecular flexibility index (Phi) is 4.06. The molecule has 21 heavy (non-hydrogen) atoms. The number of nitrogens with zero attached hydrogens (tertiary/aromatic N) is 1. The number of nitro benzene ring substituents is 1. The molecule has 0 aliphatic heterocycles. The molecule has 2 aromatic rings. The maximum atomic E-state index is 11.5. The molecule has 0 aromatic heterocycles. The number of rotatable bonds is 4. The SMILES string of the molecule is CC(c1ccccc1)c1cc([N+](=O)[O-])ccc1S(=O)(=O)O. The molecular formula is C14H13NO5S. The molecule has 2 rings (SSSR count). The predicted molar refractivity (Wildman–Crippen MR) is 76.9 cm³/mol. The van der Waals surface area contributed by atoms with Gasteiger partial charge in [0.25, 0.3) is 15.8 Å². The zero-order valence-corrected chi connectivity index (χ0v) is 11.9. The van der Waals surface area contributed by atoms with Crippen LogP contribution in [0.25, 0.3) is 0 Å². The second kappa shape index (κ2) is 5.63. The molecule has 0 amide bonds. The van der Waals surface area contributed by atoms with Gasteiger partial charge in [-0.2, -0.15) is 8.42 Å². The normalized spacial score (nSPS) is 12.9. The van der Waals surface area contributed by atoms with Gasteiger partial charge in [-0.3, -0.25) is 14.7 Å². The van der Waals surface area contributed by atoms with Crippen LogP contribution in [0.2, 0.25) is 0 Å². The zero-order valence-electron chi connectivity index (χ0n) is 11.1. The lowest BCUT2D eigenvalue weighted by atomic mass is 9.93. The summed E-state index contributed by atoms with van der Waals surface area (Å²) < 4.78 is 32.2. The minimum atomic E-state index is -4.45. The van der Waals surface area contributed by atoms with Crippen molar-refractivity contribution in [3.63, 3.8) is 0 Å². The second-order valence-electron chi connectivity index (χ2n) is 4.59. The fourth-order valence-corrected chi connectivity index (χ4v) is 2.92. The van der Waals surface area contributed by atoms with Crippen LogP contribution in [-0.2, 0) is 10.1 Å². The monoisotopic (exact) mass is 307 g/mol. The van der Waals surface area contributed by atoms with Gasteiger partial charge in [0, 0.05) is 18.1 Å². The fraction of sp³-hybridized carbons (Fsp3) is 0.143. The molecule has 0 fully saturated rings. The van der Waals surface area contributed by atoms with E-state index >= 15 is 0 Å². The first-order chi connectivity index (χ1) is 9.80. The molecule has 0 bridgehead atoms. The van der Waals surface area contributed by atoms with E-state index in [1.54, 1.807) is 31.2 Å². The summed E-state index contributed by atoms with van der Waals surface area (Å²) in [7, 11) is -4.45. The average molecular weight is 307 g/mol. The van der Waals surface area contributed by atoms with Gasteiger partial charge in [0.1, 0.15) is 0 Å². The van der Waals surface area contributed by atoms with Crippen molar-refractivity contribution in [2.45, 2.75) is 17.7 Å². The first-order valence-electron chi connectivity index (χ1n) is 6.11. The molecule has 0 heterocycles. The number of hydrogen-bond acceptors (Lipinski definition) is 4. The van der Waals surface area contributed by atoms with Crippen molar-refractivity contribution in [1.82, 2.24) is 0 Å². The highest BCUT2D eigenvalue weighted by Gasteiger charge is 2.23. The number of hydrogen-bond donors (Lipinski definition) is 1. The molecule has 7 heteroatoms. The van der Waals surface area contributed by atoms with Crippen molar-refractivity contribution in [3.05, 3.63) is 69.8 Å². The van der Waals surface area contributed by atoms with Crippen molar-refractivity contribution in [2.24, 2.45) is 0 Å². The summed E-state index contributed by atoms with van der Waals surface area (Å²) in [5, 5.41) is 10.9. The maximum absolute atomic E-state index is 11.5. The summed E-state index contributed by atoms with van der Waals surface area (Å²) in [4.78, 5) is 9.95. The van der Waals surface area contributed by atoms with Gasteiger partial charge in [-0.1, -0.05) is 37.3 Å². The van der Waals surface area contributed by atoms with Crippen LogP contribution in [0.4, 0.5) is 5.69 Å². The van der Waals surface area contributed by atoms with Crippen LogP contribution < -0.4 is 0 Å². The average Bonchev–Trinajstić information content (AvgIpc) is 2.45. The van der Waals surface area contributed by atoms with Crippen LogP contribution in [0.1, 0.15) is 24.0 Å². The van der Waals surface area contributed by atoms with E-state index in [4.69, 9.17) is 0 Å². The van der Waals surface area contributed by atoms with E-state index in [-0.39, 0.29) is 16.1 Å². The summed E-state index contributed by atoms with van der Waals surface area (Å²) in [6.45, 7) is 1.73. The van der Waals surface area contributed by atoms with E-state index in [1.165, 1.54) is 6.07 Å². The highest BCUT2D eigenvalue weighted by atomic mass is 32.2. The van der Waals surface area contributed by atoms with Gasteiger partial charge in [-0.05, 0) is 17.2 Å². The molecular weight excluding hydrogens is 294 g/mol. The van der Waals surface area contributed by atoms with Gasteiger partial charge in [0.05, 0.1) is 9.82 Å². The molecule has 0 radical (unpaired) electrons. The minimum Gasteiger partial charge on any atom is -0.282 e. The molecule has 1 N–H and O–H groups in total. The Bertz CT molecular complexity index is 771. The van der Waals surface area contributed by atoms with Gasteiger partial charge in [-0.15, -0.1) is 0 Å². The molecule has 0 aliphatic rings. The molecule has 1 atom stereocenters. The number of nitro groups is 1. The van der Waals surface area contributed by atoms with Crippen LogP contribution >= 0.6 is 0 Å². The van der Waals surface area contributed by atoms with Crippen LogP contribution in [0.3, 0.4) is 0 Å². The third-order valence-electron chi connectivity index (χ3n) is 3.25. The predicted octanol–water partition coefficient (Wildman–Crippen LogP) is 2.99. The van der Waals surface area contributed by atoms with Gasteiger partial charge in [0.2, 0.25) is 0 Å². The van der Waals surface area contributed by atoms with Crippen molar-refractivity contribution in [1.29, 1.82) is 0 Å². The Hall–Kier alpha value is -2.25. The summed E-state index contributed by atoms with van der Waals surface area (Å²) in [6.07, 6.45) is 0. The Morgan fingerprint density at radius 1 is 1.14 bits per heavy atom. The topological polar surface area (TPSA) is 97.5 Å². The van der Waals surface area contributed by atoms with Gasteiger partial charge in [0.15, 0.2) is 0 Å².